The fourth-order valence-corrected chi connectivity index (χ4v) is 0.529. The lowest BCUT2D eigenvalue weighted by Crippen LogP contribution is -2.19. The third-order valence-corrected chi connectivity index (χ3v) is 1.12. The normalized spacial score (nSPS) is 13.8. The number of rotatable bonds is 7. The molecule has 1 atom stereocenters. The van der Waals surface area contributed by atoms with Gasteiger partial charge < -0.3 is 14.2 Å². The number of hydrogen-bond donors (Lipinski definition) is 0. The molecule has 0 saturated carbocycles. The van der Waals surface area contributed by atoms with Crippen LogP contribution in [0.5, 0.6) is 0 Å². The summed E-state index contributed by atoms with van der Waals surface area (Å²) in [6.07, 6.45) is -0.349. The topological polar surface area (TPSA) is 36.9 Å². The molecule has 4 nitrogen and oxygen atoms in total. The Balaban J connectivity index is 3.61. The smallest absolute Gasteiger partial charge is 0.356 e. The Bertz CT molecular complexity index is 91.1. The van der Waals surface area contributed by atoms with E-state index in [-0.39, 0.29) is 12.8 Å². The van der Waals surface area contributed by atoms with Gasteiger partial charge >= 0.3 is 6.48 Å². The van der Waals surface area contributed by atoms with Crippen molar-refractivity contribution in [2.24, 2.45) is 0 Å². The van der Waals surface area contributed by atoms with Crippen LogP contribution in [0, 0.1) is 6.48 Å². The molecule has 73 valence electrons. The van der Waals surface area contributed by atoms with Gasteiger partial charge in [0.2, 0.25) is 0 Å². The molecule has 0 aliphatic heterocycles. The van der Waals surface area contributed by atoms with Gasteiger partial charge in [0, 0.05) is 20.3 Å². The van der Waals surface area contributed by atoms with Crippen molar-refractivity contribution in [3.05, 3.63) is 6.48 Å². The molecule has 0 aromatic rings. The minimum Gasteiger partial charge on any atom is -0.356 e. The van der Waals surface area contributed by atoms with Crippen LogP contribution in [0.3, 0.4) is 0 Å². The summed E-state index contributed by atoms with van der Waals surface area (Å²) in [5, 5.41) is 0. The number of methoxy groups -OCH3 is 1. The zero-order valence-electron chi connectivity index (χ0n) is 8.12. The van der Waals surface area contributed by atoms with E-state index in [9.17, 15) is 0 Å². The fourth-order valence-electron chi connectivity index (χ4n) is 0.529. The molecule has 0 aromatic heterocycles. The average molecular weight is 177 g/mol. The summed E-state index contributed by atoms with van der Waals surface area (Å²) in [7, 11) is 1.56. The minimum atomic E-state index is -0.349. The zero-order valence-corrected chi connectivity index (χ0v) is 8.12. The summed E-state index contributed by atoms with van der Waals surface area (Å²) in [5.74, 6) is 0. The lowest BCUT2D eigenvalue weighted by atomic mass is 10.7. The molecular formula is C8H17O4. The number of hydrogen-bond acceptors (Lipinski definition) is 4. The van der Waals surface area contributed by atoms with Crippen molar-refractivity contribution in [2.75, 3.05) is 20.3 Å². The molecule has 0 aromatic carbocycles. The molecule has 0 saturated heterocycles. The van der Waals surface area contributed by atoms with Crippen molar-refractivity contribution in [3.63, 3.8) is 0 Å². The summed E-state index contributed by atoms with van der Waals surface area (Å²) < 4.78 is 20.1. The molecule has 0 fully saturated rings. The molecular weight excluding hydrogens is 160 g/mol. The van der Waals surface area contributed by atoms with E-state index in [1.807, 2.05) is 13.8 Å². The highest BCUT2D eigenvalue weighted by atomic mass is 16.9. The monoisotopic (exact) mass is 177 g/mol. The molecule has 0 aliphatic carbocycles. The third-order valence-electron chi connectivity index (χ3n) is 1.12. The van der Waals surface area contributed by atoms with Crippen LogP contribution in [0.15, 0.2) is 0 Å². The Morgan fingerprint density at radius 2 is 1.67 bits per heavy atom. The molecule has 0 bridgehead atoms. The second-order valence-corrected chi connectivity index (χ2v) is 2.04. The summed E-state index contributed by atoms with van der Waals surface area (Å²) in [6, 6.07) is 0. The van der Waals surface area contributed by atoms with Crippen LogP contribution in [0.4, 0.5) is 0 Å². The van der Waals surface area contributed by atoms with Crippen molar-refractivity contribution in [1.29, 1.82) is 0 Å². The van der Waals surface area contributed by atoms with Gasteiger partial charge in [-0.3, -0.25) is 4.74 Å². The van der Waals surface area contributed by atoms with Crippen molar-refractivity contribution < 1.29 is 18.9 Å². The Morgan fingerprint density at radius 1 is 1.17 bits per heavy atom. The first-order valence-electron chi connectivity index (χ1n) is 4.06. The van der Waals surface area contributed by atoms with E-state index in [0.717, 1.165) is 0 Å². The molecule has 12 heavy (non-hydrogen) atoms. The molecule has 0 spiro atoms. The number of ether oxygens (including phenoxy) is 4. The van der Waals surface area contributed by atoms with Crippen LogP contribution in [0.2, 0.25) is 0 Å². The minimum absolute atomic E-state index is 0.175. The van der Waals surface area contributed by atoms with Gasteiger partial charge in [0.25, 0.3) is 0 Å². The summed E-state index contributed by atoms with van der Waals surface area (Å²) in [5.41, 5.74) is 0. The average Bonchev–Trinajstić information content (AvgIpc) is 2.05. The molecule has 0 N–H and O–H groups in total. The summed E-state index contributed by atoms with van der Waals surface area (Å²) >= 11 is 0. The van der Waals surface area contributed by atoms with Crippen molar-refractivity contribution in [2.45, 2.75) is 27.1 Å². The zero-order chi connectivity index (χ0) is 9.40. The van der Waals surface area contributed by atoms with E-state index in [1.165, 1.54) is 0 Å². The maximum Gasteiger partial charge on any atom is 0.372 e. The van der Waals surface area contributed by atoms with Crippen LogP contribution in [-0.2, 0) is 18.9 Å². The first-order chi connectivity index (χ1) is 5.74. The van der Waals surface area contributed by atoms with Gasteiger partial charge in [0.15, 0.2) is 6.29 Å². The van der Waals surface area contributed by atoms with Crippen LogP contribution < -0.4 is 0 Å². The first-order valence-corrected chi connectivity index (χ1v) is 4.06. The molecule has 0 heterocycles. The quantitative estimate of drug-likeness (QED) is 0.552. The van der Waals surface area contributed by atoms with Crippen LogP contribution in [-0.4, -0.2) is 26.6 Å². The lowest BCUT2D eigenvalue weighted by Gasteiger charge is -2.17. The van der Waals surface area contributed by atoms with Crippen LogP contribution in [0.1, 0.15) is 20.8 Å². The van der Waals surface area contributed by atoms with E-state index in [0.29, 0.717) is 13.2 Å². The van der Waals surface area contributed by atoms with Gasteiger partial charge in [0.1, 0.15) is 0 Å². The van der Waals surface area contributed by atoms with Crippen LogP contribution >= 0.6 is 0 Å². The molecule has 4 heteroatoms. The van der Waals surface area contributed by atoms with Crippen molar-refractivity contribution in [3.8, 4) is 0 Å². The Labute approximate surface area is 73.7 Å². The largest absolute Gasteiger partial charge is 0.372 e. The highest BCUT2D eigenvalue weighted by Crippen LogP contribution is 2.10. The Kier molecular flexibility index (Phi) is 7.39. The van der Waals surface area contributed by atoms with Crippen LogP contribution in [0.25, 0.3) is 0 Å². The molecule has 0 rings (SSSR count). The highest BCUT2D eigenvalue weighted by molar-refractivity contribution is 4.48. The maximum absolute atomic E-state index is 5.13. The van der Waals surface area contributed by atoms with Gasteiger partial charge in [-0.25, -0.2) is 0 Å². The van der Waals surface area contributed by atoms with E-state index in [1.54, 1.807) is 14.0 Å². The molecule has 1 radical (unpaired) electrons. The predicted octanol–water partition coefficient (Wildman–Crippen LogP) is 1.52. The SMILES string of the molecule is CCO[C](OCC)OC(C)OC. The van der Waals surface area contributed by atoms with Gasteiger partial charge in [-0.05, 0) is 20.8 Å². The Hall–Kier alpha value is -0.160. The first kappa shape index (κ1) is 11.8. The fraction of sp³-hybridized carbons (Fsp3) is 0.875. The van der Waals surface area contributed by atoms with Gasteiger partial charge in [0.05, 0.1) is 0 Å². The van der Waals surface area contributed by atoms with E-state index < -0.39 is 0 Å². The molecule has 1 unspecified atom stereocenters. The third kappa shape index (κ3) is 5.49. The summed E-state index contributed by atoms with van der Waals surface area (Å²) in [6.45, 7) is 6.70. The second-order valence-electron chi connectivity index (χ2n) is 2.04. The highest BCUT2D eigenvalue weighted by Gasteiger charge is 2.15. The summed E-state index contributed by atoms with van der Waals surface area (Å²) in [4.78, 5) is 0. The van der Waals surface area contributed by atoms with Gasteiger partial charge in [-0.1, -0.05) is 0 Å². The van der Waals surface area contributed by atoms with Gasteiger partial charge in [-0.15, -0.1) is 0 Å². The van der Waals surface area contributed by atoms with E-state index in [2.05, 4.69) is 0 Å². The van der Waals surface area contributed by atoms with E-state index in [4.69, 9.17) is 18.9 Å². The Morgan fingerprint density at radius 3 is 2.00 bits per heavy atom. The molecule has 0 aliphatic rings. The van der Waals surface area contributed by atoms with Crippen molar-refractivity contribution in [1.82, 2.24) is 0 Å². The lowest BCUT2D eigenvalue weighted by molar-refractivity contribution is -0.247. The van der Waals surface area contributed by atoms with Gasteiger partial charge in [-0.2, -0.15) is 0 Å². The predicted molar refractivity (Wildman–Crippen MR) is 44.1 cm³/mol. The van der Waals surface area contributed by atoms with Crippen molar-refractivity contribution >= 4 is 0 Å². The van der Waals surface area contributed by atoms with E-state index >= 15 is 0 Å². The second kappa shape index (κ2) is 7.49. The standard InChI is InChI=1S/C8H17O4/c1-5-10-8(11-6-2)12-7(3)9-4/h7H,5-6H2,1-4H3. The molecule has 0 amide bonds. The maximum atomic E-state index is 5.13.